The van der Waals surface area contributed by atoms with Crippen molar-refractivity contribution in [2.45, 2.75) is 24.2 Å². The summed E-state index contributed by atoms with van der Waals surface area (Å²) in [5.41, 5.74) is 0.494. The number of thioether (sulfide) groups is 1. The van der Waals surface area contributed by atoms with Crippen LogP contribution in [-0.2, 0) is 11.2 Å². The normalized spacial score (nSPS) is 10.8. The van der Waals surface area contributed by atoms with Crippen LogP contribution in [0, 0.1) is 0 Å². The van der Waals surface area contributed by atoms with Crippen molar-refractivity contribution in [1.82, 2.24) is 15.3 Å². The first-order chi connectivity index (χ1) is 12.7. The minimum atomic E-state index is -0.163. The molecular formula is C20H21N3O2S. The second kappa shape index (κ2) is 9.20. The number of H-pyrrole nitrogens is 1. The zero-order chi connectivity index (χ0) is 18.2. The fourth-order valence-electron chi connectivity index (χ4n) is 2.58. The van der Waals surface area contributed by atoms with Crippen LogP contribution in [0.15, 0.2) is 64.3 Å². The minimum absolute atomic E-state index is 0.0227. The van der Waals surface area contributed by atoms with Gasteiger partial charge in [0.25, 0.3) is 5.56 Å². The van der Waals surface area contributed by atoms with Gasteiger partial charge in [0.05, 0.1) is 10.9 Å². The molecule has 0 saturated carbocycles. The van der Waals surface area contributed by atoms with Crippen LogP contribution in [-0.4, -0.2) is 28.2 Å². The van der Waals surface area contributed by atoms with E-state index in [9.17, 15) is 9.59 Å². The second-order valence-electron chi connectivity index (χ2n) is 5.89. The molecule has 0 aliphatic heterocycles. The number of hydrogen-bond acceptors (Lipinski definition) is 4. The Labute approximate surface area is 156 Å². The molecule has 1 heterocycles. The zero-order valence-electron chi connectivity index (χ0n) is 14.4. The molecule has 0 unspecified atom stereocenters. The number of aromatic amines is 1. The molecule has 1 aromatic heterocycles. The van der Waals surface area contributed by atoms with E-state index >= 15 is 0 Å². The van der Waals surface area contributed by atoms with Gasteiger partial charge in [-0.15, -0.1) is 11.8 Å². The summed E-state index contributed by atoms with van der Waals surface area (Å²) >= 11 is 1.78. The van der Waals surface area contributed by atoms with Crippen LogP contribution in [0.25, 0.3) is 10.9 Å². The summed E-state index contributed by atoms with van der Waals surface area (Å²) < 4.78 is 0. The molecule has 0 fully saturated rings. The molecule has 0 spiro atoms. The Morgan fingerprint density at radius 1 is 1.08 bits per heavy atom. The van der Waals surface area contributed by atoms with Gasteiger partial charge in [-0.05, 0) is 36.4 Å². The SMILES string of the molecule is O=C(CCc1nc2ccccc2c(=O)[nH]1)NCCCSc1ccccc1. The Morgan fingerprint density at radius 2 is 1.85 bits per heavy atom. The molecule has 0 radical (unpaired) electrons. The van der Waals surface area contributed by atoms with Gasteiger partial charge >= 0.3 is 0 Å². The molecule has 0 atom stereocenters. The summed E-state index contributed by atoms with van der Waals surface area (Å²) in [4.78, 5) is 32.4. The Bertz CT molecular complexity index is 925. The quantitative estimate of drug-likeness (QED) is 0.474. The maximum atomic E-state index is 12.0. The number of aromatic nitrogens is 2. The highest BCUT2D eigenvalue weighted by Gasteiger charge is 2.06. The third kappa shape index (κ3) is 5.20. The number of rotatable bonds is 8. The molecule has 0 bridgehead atoms. The van der Waals surface area contributed by atoms with Crippen LogP contribution in [0.4, 0.5) is 0 Å². The summed E-state index contributed by atoms with van der Waals surface area (Å²) in [5.74, 6) is 1.48. The standard InChI is InChI=1S/C20H21N3O2S/c24-19(21-13-6-14-26-15-7-2-1-3-8-15)12-11-18-22-17-10-5-4-9-16(17)20(25)23-18/h1-5,7-10H,6,11-14H2,(H,21,24)(H,22,23,25). The van der Waals surface area contributed by atoms with Gasteiger partial charge in [-0.25, -0.2) is 4.98 Å². The Hall–Kier alpha value is -2.60. The number of fused-ring (bicyclic) bond motifs is 1. The van der Waals surface area contributed by atoms with Crippen LogP contribution in [0.5, 0.6) is 0 Å². The van der Waals surface area contributed by atoms with E-state index < -0.39 is 0 Å². The molecule has 0 aliphatic carbocycles. The van der Waals surface area contributed by atoms with Gasteiger partial charge in [0.1, 0.15) is 5.82 Å². The number of amides is 1. The van der Waals surface area contributed by atoms with E-state index in [4.69, 9.17) is 0 Å². The van der Waals surface area contributed by atoms with Gasteiger partial charge in [0, 0.05) is 24.3 Å². The van der Waals surface area contributed by atoms with E-state index in [1.54, 1.807) is 23.9 Å². The van der Waals surface area contributed by atoms with Gasteiger partial charge in [-0.3, -0.25) is 9.59 Å². The van der Waals surface area contributed by atoms with Crippen molar-refractivity contribution in [1.29, 1.82) is 0 Å². The fraction of sp³-hybridized carbons (Fsp3) is 0.250. The Balaban J connectivity index is 1.39. The second-order valence-corrected chi connectivity index (χ2v) is 7.06. The van der Waals surface area contributed by atoms with Crippen molar-refractivity contribution >= 4 is 28.6 Å². The van der Waals surface area contributed by atoms with E-state index in [0.717, 1.165) is 12.2 Å². The molecular weight excluding hydrogens is 346 g/mol. The van der Waals surface area contributed by atoms with Crippen LogP contribution < -0.4 is 10.9 Å². The van der Waals surface area contributed by atoms with Crippen molar-refractivity contribution < 1.29 is 4.79 Å². The molecule has 2 aromatic carbocycles. The highest BCUT2D eigenvalue weighted by molar-refractivity contribution is 7.99. The van der Waals surface area contributed by atoms with Crippen LogP contribution in [0.1, 0.15) is 18.7 Å². The fourth-order valence-corrected chi connectivity index (χ4v) is 3.45. The topological polar surface area (TPSA) is 74.8 Å². The highest BCUT2D eigenvalue weighted by Crippen LogP contribution is 2.17. The lowest BCUT2D eigenvalue weighted by Crippen LogP contribution is -2.25. The summed E-state index contributed by atoms with van der Waals surface area (Å²) in [5, 5.41) is 3.49. The third-order valence-electron chi connectivity index (χ3n) is 3.91. The lowest BCUT2D eigenvalue weighted by atomic mass is 10.2. The first-order valence-corrected chi connectivity index (χ1v) is 9.63. The number of carbonyl (C=O) groups excluding carboxylic acids is 1. The first kappa shape index (κ1) is 18.2. The predicted molar refractivity (Wildman–Crippen MR) is 105 cm³/mol. The first-order valence-electron chi connectivity index (χ1n) is 8.65. The molecule has 6 heteroatoms. The molecule has 3 rings (SSSR count). The smallest absolute Gasteiger partial charge is 0.258 e. The molecule has 3 aromatic rings. The highest BCUT2D eigenvalue weighted by atomic mass is 32.2. The summed E-state index contributed by atoms with van der Waals surface area (Å²) in [6.45, 7) is 0.653. The van der Waals surface area contributed by atoms with Gasteiger partial charge in [0.15, 0.2) is 0 Å². The monoisotopic (exact) mass is 367 g/mol. The maximum absolute atomic E-state index is 12.0. The van der Waals surface area contributed by atoms with E-state index in [1.807, 2.05) is 30.3 Å². The number of aryl methyl sites for hydroxylation is 1. The summed E-state index contributed by atoms with van der Waals surface area (Å²) in [7, 11) is 0. The summed E-state index contributed by atoms with van der Waals surface area (Å²) in [6, 6.07) is 17.4. The molecule has 2 N–H and O–H groups in total. The number of nitrogens with zero attached hydrogens (tertiary/aromatic N) is 1. The van der Waals surface area contributed by atoms with E-state index in [0.29, 0.717) is 36.1 Å². The van der Waals surface area contributed by atoms with Crippen LogP contribution in [0.2, 0.25) is 0 Å². The number of benzene rings is 2. The summed E-state index contributed by atoms with van der Waals surface area (Å²) in [6.07, 6.45) is 1.65. The van der Waals surface area contributed by atoms with E-state index in [1.165, 1.54) is 4.90 Å². The van der Waals surface area contributed by atoms with Crippen molar-refractivity contribution in [2.24, 2.45) is 0 Å². The lowest BCUT2D eigenvalue weighted by molar-refractivity contribution is -0.121. The molecule has 5 nitrogen and oxygen atoms in total. The van der Waals surface area contributed by atoms with Crippen LogP contribution in [0.3, 0.4) is 0 Å². The van der Waals surface area contributed by atoms with Gasteiger partial charge in [-0.1, -0.05) is 30.3 Å². The Kier molecular flexibility index (Phi) is 6.44. The van der Waals surface area contributed by atoms with Crippen molar-refractivity contribution in [3.05, 3.63) is 70.8 Å². The zero-order valence-corrected chi connectivity index (χ0v) is 15.2. The molecule has 1 amide bonds. The molecule has 26 heavy (non-hydrogen) atoms. The van der Waals surface area contributed by atoms with Gasteiger partial charge < -0.3 is 10.3 Å². The number of nitrogens with one attached hydrogen (secondary N) is 2. The van der Waals surface area contributed by atoms with Crippen LogP contribution >= 0.6 is 11.8 Å². The number of carbonyl (C=O) groups is 1. The van der Waals surface area contributed by atoms with Gasteiger partial charge in [-0.2, -0.15) is 0 Å². The van der Waals surface area contributed by atoms with E-state index in [-0.39, 0.29) is 11.5 Å². The largest absolute Gasteiger partial charge is 0.356 e. The average Bonchev–Trinajstić information content (AvgIpc) is 2.67. The van der Waals surface area contributed by atoms with E-state index in [2.05, 4.69) is 27.4 Å². The van der Waals surface area contributed by atoms with Crippen molar-refractivity contribution in [3.63, 3.8) is 0 Å². The molecule has 134 valence electrons. The Morgan fingerprint density at radius 3 is 2.69 bits per heavy atom. The number of para-hydroxylation sites is 1. The predicted octanol–water partition coefficient (Wildman–Crippen LogP) is 3.15. The third-order valence-corrected chi connectivity index (χ3v) is 5.00. The molecule has 0 saturated heterocycles. The lowest BCUT2D eigenvalue weighted by Gasteiger charge is -2.06. The van der Waals surface area contributed by atoms with Crippen molar-refractivity contribution in [2.75, 3.05) is 12.3 Å². The van der Waals surface area contributed by atoms with Crippen molar-refractivity contribution in [3.8, 4) is 0 Å². The molecule has 0 aliphatic rings. The number of hydrogen-bond donors (Lipinski definition) is 2. The minimum Gasteiger partial charge on any atom is -0.356 e. The average molecular weight is 367 g/mol. The van der Waals surface area contributed by atoms with Gasteiger partial charge in [0.2, 0.25) is 5.91 Å². The maximum Gasteiger partial charge on any atom is 0.258 e.